The van der Waals surface area contributed by atoms with Gasteiger partial charge in [0.15, 0.2) is 0 Å². The molecule has 2 rings (SSSR count). The van der Waals surface area contributed by atoms with Gasteiger partial charge in [-0.05, 0) is 26.3 Å². The molecule has 2 heterocycles. The zero-order valence-electron chi connectivity index (χ0n) is 14.5. The van der Waals surface area contributed by atoms with Gasteiger partial charge in [0.2, 0.25) is 0 Å². The van der Waals surface area contributed by atoms with Gasteiger partial charge in [0.05, 0.1) is 12.3 Å². The molecule has 2 atom stereocenters. The first-order valence-electron chi connectivity index (χ1n) is 7.85. The van der Waals surface area contributed by atoms with Crippen molar-refractivity contribution in [3.8, 4) is 0 Å². The Hall–Kier alpha value is -2.39. The van der Waals surface area contributed by atoms with Gasteiger partial charge in [-0.2, -0.15) is 0 Å². The van der Waals surface area contributed by atoms with Crippen molar-refractivity contribution < 1.29 is 29.3 Å². The number of carboxylic acids is 1. The lowest BCUT2D eigenvalue weighted by molar-refractivity contribution is -0.141. The summed E-state index contributed by atoms with van der Waals surface area (Å²) in [5.41, 5.74) is -0.0750. The van der Waals surface area contributed by atoms with Gasteiger partial charge < -0.3 is 20.3 Å². The zero-order valence-corrected chi connectivity index (χ0v) is 14.5. The number of hydrazine groups is 1. The van der Waals surface area contributed by atoms with Crippen LogP contribution in [0.5, 0.6) is 0 Å². The third-order valence-corrected chi connectivity index (χ3v) is 3.82. The molecule has 1 unspecified atom stereocenters. The molecule has 2 aliphatic rings. The van der Waals surface area contributed by atoms with E-state index in [1.165, 1.54) is 11.1 Å². The van der Waals surface area contributed by atoms with Crippen LogP contribution in [-0.2, 0) is 14.3 Å². The van der Waals surface area contributed by atoms with Crippen LogP contribution in [0.25, 0.3) is 0 Å². The third-order valence-electron chi connectivity index (χ3n) is 3.82. The monoisotopic (exact) mass is 353 g/mol. The number of amides is 2. The molecule has 1 saturated heterocycles. The van der Waals surface area contributed by atoms with Crippen LogP contribution < -0.4 is 5.32 Å². The summed E-state index contributed by atoms with van der Waals surface area (Å²) < 4.78 is 5.14. The quantitative estimate of drug-likeness (QED) is 0.599. The van der Waals surface area contributed by atoms with E-state index in [0.29, 0.717) is 5.57 Å². The Morgan fingerprint density at radius 1 is 1.48 bits per heavy atom. The second-order valence-corrected chi connectivity index (χ2v) is 6.89. The third kappa shape index (κ3) is 3.83. The number of nitrogens with zero attached hydrogens (tertiary/aromatic N) is 2. The van der Waals surface area contributed by atoms with E-state index in [4.69, 9.17) is 4.74 Å². The number of nitrogens with one attached hydrogen (secondary N) is 1. The fourth-order valence-electron chi connectivity index (χ4n) is 2.88. The standard InChI is InChI=1S/C16H23N3O6/c1-5-10(14(22)23)12-9(8-20)6-18-7-11(13(21)19(12)18)17-15(24)25-16(2,3)4/h5,10-11,20H,1,6-8H2,2-4H3,(H,17,24)(H,22,23)/t10?,11-/m0/s1. The van der Waals surface area contributed by atoms with E-state index in [1.807, 2.05) is 0 Å². The number of aliphatic hydroxyl groups is 1. The molecule has 9 nitrogen and oxygen atoms in total. The molecule has 0 bridgehead atoms. The molecule has 2 amide bonds. The average molecular weight is 353 g/mol. The van der Waals surface area contributed by atoms with Crippen LogP contribution in [-0.4, -0.2) is 69.5 Å². The molecule has 0 aromatic carbocycles. The summed E-state index contributed by atoms with van der Waals surface area (Å²) in [6.07, 6.45) is 0.485. The van der Waals surface area contributed by atoms with Crippen LogP contribution in [0.15, 0.2) is 23.9 Å². The van der Waals surface area contributed by atoms with Gasteiger partial charge in [-0.1, -0.05) is 6.08 Å². The number of aliphatic carboxylic acids is 1. The summed E-state index contributed by atoms with van der Waals surface area (Å²) in [5, 5.41) is 24.2. The Labute approximate surface area is 145 Å². The van der Waals surface area contributed by atoms with E-state index in [-0.39, 0.29) is 25.4 Å². The number of carbonyl (C=O) groups is 3. The minimum atomic E-state index is -1.17. The fourth-order valence-corrected chi connectivity index (χ4v) is 2.88. The molecule has 0 aliphatic carbocycles. The molecule has 2 aliphatic heterocycles. The molecule has 25 heavy (non-hydrogen) atoms. The maximum atomic E-state index is 12.7. The highest BCUT2D eigenvalue weighted by atomic mass is 16.6. The molecule has 3 N–H and O–H groups in total. The van der Waals surface area contributed by atoms with Crippen molar-refractivity contribution in [2.75, 3.05) is 19.7 Å². The molecule has 0 aromatic rings. The van der Waals surface area contributed by atoms with E-state index < -0.39 is 35.5 Å². The van der Waals surface area contributed by atoms with Crippen LogP contribution in [0.3, 0.4) is 0 Å². The number of hydrogen-bond donors (Lipinski definition) is 3. The Balaban J connectivity index is 2.20. The number of rotatable bonds is 5. The number of ether oxygens (including phenoxy) is 1. The highest BCUT2D eigenvalue weighted by molar-refractivity contribution is 5.90. The van der Waals surface area contributed by atoms with Crippen LogP contribution in [0, 0.1) is 5.92 Å². The van der Waals surface area contributed by atoms with Crippen LogP contribution >= 0.6 is 0 Å². The van der Waals surface area contributed by atoms with E-state index in [1.54, 1.807) is 25.8 Å². The fraction of sp³-hybridized carbons (Fsp3) is 0.562. The van der Waals surface area contributed by atoms with Crippen molar-refractivity contribution >= 4 is 18.0 Å². The van der Waals surface area contributed by atoms with Crippen molar-refractivity contribution in [2.24, 2.45) is 5.92 Å². The minimum Gasteiger partial charge on any atom is -0.481 e. The summed E-state index contributed by atoms with van der Waals surface area (Å²) in [7, 11) is 0. The predicted molar refractivity (Wildman–Crippen MR) is 87.0 cm³/mol. The van der Waals surface area contributed by atoms with Crippen LogP contribution in [0.4, 0.5) is 4.79 Å². The van der Waals surface area contributed by atoms with Gasteiger partial charge >= 0.3 is 12.1 Å². The SMILES string of the molecule is C=CC(C(=O)O)C1=C(CO)CN2C[C@H](NC(=O)OC(C)(C)C)C(=O)N12. The van der Waals surface area contributed by atoms with Crippen molar-refractivity contribution in [2.45, 2.75) is 32.4 Å². The minimum absolute atomic E-state index is 0.161. The van der Waals surface area contributed by atoms with Gasteiger partial charge in [-0.15, -0.1) is 6.58 Å². The van der Waals surface area contributed by atoms with E-state index >= 15 is 0 Å². The smallest absolute Gasteiger partial charge is 0.408 e. The number of aliphatic hydroxyl groups excluding tert-OH is 1. The van der Waals surface area contributed by atoms with Gasteiger partial charge in [0, 0.05) is 13.1 Å². The lowest BCUT2D eigenvalue weighted by Gasteiger charge is -2.24. The lowest BCUT2D eigenvalue weighted by atomic mass is 10.0. The van der Waals surface area contributed by atoms with Gasteiger partial charge in [-0.3, -0.25) is 9.59 Å². The van der Waals surface area contributed by atoms with Gasteiger partial charge in [-0.25, -0.2) is 14.8 Å². The predicted octanol–water partition coefficient (Wildman–Crippen LogP) is 0.0857. The molecular formula is C16H23N3O6. The Bertz CT molecular complexity index is 636. The van der Waals surface area contributed by atoms with E-state index in [2.05, 4.69) is 11.9 Å². The van der Waals surface area contributed by atoms with Crippen LogP contribution in [0.2, 0.25) is 0 Å². The highest BCUT2D eigenvalue weighted by Crippen LogP contribution is 2.34. The average Bonchev–Trinajstić information content (AvgIpc) is 2.96. The largest absolute Gasteiger partial charge is 0.481 e. The zero-order chi connectivity index (χ0) is 18.9. The first kappa shape index (κ1) is 18.9. The number of fused-ring (bicyclic) bond motifs is 1. The topological polar surface area (TPSA) is 119 Å². The second kappa shape index (κ2) is 6.85. The molecule has 0 radical (unpaired) electrons. The molecule has 1 fully saturated rings. The maximum absolute atomic E-state index is 12.7. The van der Waals surface area contributed by atoms with Gasteiger partial charge in [0.1, 0.15) is 17.6 Å². The van der Waals surface area contributed by atoms with Crippen molar-refractivity contribution in [1.82, 2.24) is 15.3 Å². The Kier molecular flexibility index (Phi) is 5.19. The van der Waals surface area contributed by atoms with Crippen molar-refractivity contribution in [3.63, 3.8) is 0 Å². The van der Waals surface area contributed by atoms with Gasteiger partial charge in [0.25, 0.3) is 5.91 Å². The number of carboxylic acid groups (broad SMARTS) is 1. The highest BCUT2D eigenvalue weighted by Gasteiger charge is 2.48. The Morgan fingerprint density at radius 2 is 2.12 bits per heavy atom. The summed E-state index contributed by atoms with van der Waals surface area (Å²) in [4.78, 5) is 36.0. The van der Waals surface area contributed by atoms with Crippen molar-refractivity contribution in [1.29, 1.82) is 0 Å². The van der Waals surface area contributed by atoms with E-state index in [0.717, 1.165) is 0 Å². The molecule has 9 heteroatoms. The summed E-state index contributed by atoms with van der Waals surface area (Å²) in [6.45, 7) is 8.63. The Morgan fingerprint density at radius 3 is 2.60 bits per heavy atom. The molecule has 0 saturated carbocycles. The lowest BCUT2D eigenvalue weighted by Crippen LogP contribution is -2.45. The number of carbonyl (C=O) groups excluding carboxylic acids is 2. The van der Waals surface area contributed by atoms with E-state index in [9.17, 15) is 24.6 Å². The molecule has 0 spiro atoms. The first-order chi connectivity index (χ1) is 11.6. The summed E-state index contributed by atoms with van der Waals surface area (Å²) >= 11 is 0. The first-order valence-corrected chi connectivity index (χ1v) is 7.85. The van der Waals surface area contributed by atoms with Crippen molar-refractivity contribution in [3.05, 3.63) is 23.9 Å². The molecule has 138 valence electrons. The normalized spacial score (nSPS) is 22.0. The molecular weight excluding hydrogens is 330 g/mol. The summed E-state index contributed by atoms with van der Waals surface area (Å²) in [6, 6.07) is -0.857. The maximum Gasteiger partial charge on any atom is 0.408 e. The molecule has 0 aromatic heterocycles. The second-order valence-electron chi connectivity index (χ2n) is 6.89. The van der Waals surface area contributed by atoms with Crippen LogP contribution in [0.1, 0.15) is 20.8 Å². The number of hydrogen-bond acceptors (Lipinski definition) is 6. The summed E-state index contributed by atoms with van der Waals surface area (Å²) in [5.74, 6) is -2.78. The number of alkyl carbamates (subject to hydrolysis) is 1.